The molecule has 1 aromatic carbocycles. The van der Waals surface area contributed by atoms with Crippen LogP contribution < -0.4 is 15.8 Å². The number of halogens is 3. The Balaban J connectivity index is 0.000000566. The molecule has 4 heterocycles. The molecule has 2 aliphatic rings. The van der Waals surface area contributed by atoms with Crippen molar-refractivity contribution in [2.24, 2.45) is 5.92 Å². The summed E-state index contributed by atoms with van der Waals surface area (Å²) in [5.74, 6) is -2.98. The number of carbonyl (C=O) groups excluding carboxylic acids is 3. The number of fused-ring (bicyclic) bond motifs is 1. The predicted molar refractivity (Wildman–Crippen MR) is 150 cm³/mol. The number of hydrogen-bond acceptors (Lipinski definition) is 6. The van der Waals surface area contributed by atoms with Crippen LogP contribution in [0.4, 0.5) is 13.2 Å². The highest BCUT2D eigenvalue weighted by molar-refractivity contribution is 5.86. The number of pyridine rings is 1. The normalized spacial score (nSPS) is 19.8. The number of ether oxygens (including phenoxy) is 1. The first-order valence-electron chi connectivity index (χ1n) is 14.5. The number of aliphatic carboxylic acids is 1. The topological polar surface area (TPSA) is 142 Å². The number of nitrogens with one attached hydrogen (secondary N) is 2. The number of benzene rings is 1. The molecule has 2 amide bonds. The highest BCUT2D eigenvalue weighted by atomic mass is 19.4. The van der Waals surface area contributed by atoms with E-state index >= 15 is 0 Å². The Bertz CT molecular complexity index is 1480. The third kappa shape index (κ3) is 8.04. The predicted octanol–water partition coefficient (Wildman–Crippen LogP) is 1.66. The molecule has 2 fully saturated rings. The number of hydrogen-bond donors (Lipinski definition) is 1. The summed E-state index contributed by atoms with van der Waals surface area (Å²) < 4.78 is 38.6. The van der Waals surface area contributed by atoms with E-state index in [-0.39, 0.29) is 41.8 Å². The second-order valence-corrected chi connectivity index (χ2v) is 11.0. The van der Waals surface area contributed by atoms with Crippen molar-refractivity contribution in [1.29, 1.82) is 0 Å². The van der Waals surface area contributed by atoms with Gasteiger partial charge in [0.15, 0.2) is 0 Å². The molecular weight excluding hydrogens is 583 g/mol. The molecule has 0 unspecified atom stereocenters. The summed E-state index contributed by atoms with van der Waals surface area (Å²) in [6.07, 6.45) is -0.178. The van der Waals surface area contributed by atoms with Gasteiger partial charge in [-0.3, -0.25) is 14.2 Å². The number of carbonyl (C=O) groups is 3. The Morgan fingerprint density at radius 3 is 2.36 bits per heavy atom. The third-order valence-electron chi connectivity index (χ3n) is 8.18. The van der Waals surface area contributed by atoms with Crippen molar-refractivity contribution in [2.45, 2.75) is 50.2 Å². The molecule has 0 saturated carbocycles. The number of rotatable bonds is 7. The van der Waals surface area contributed by atoms with Gasteiger partial charge in [0.1, 0.15) is 11.5 Å². The summed E-state index contributed by atoms with van der Waals surface area (Å²) >= 11 is 0. The van der Waals surface area contributed by atoms with Gasteiger partial charge in [-0.15, -0.1) is 0 Å². The Kier molecular flexibility index (Phi) is 10.8. The van der Waals surface area contributed by atoms with E-state index < -0.39 is 12.1 Å². The van der Waals surface area contributed by atoms with Crippen molar-refractivity contribution in [3.8, 4) is 0 Å². The van der Waals surface area contributed by atoms with Crippen LogP contribution in [-0.4, -0.2) is 83.2 Å². The number of aromatic amines is 2. The van der Waals surface area contributed by atoms with E-state index in [1.54, 1.807) is 17.9 Å². The van der Waals surface area contributed by atoms with Crippen molar-refractivity contribution in [3.05, 3.63) is 64.7 Å². The smallest absolute Gasteiger partial charge is 0.430 e. The average Bonchev–Trinajstić information content (AvgIpc) is 3.27. The number of carboxylic acids is 1. The highest BCUT2D eigenvalue weighted by Gasteiger charge is 2.35. The standard InChI is InChI=1S/C28H35N5O4.C2HF3O2/c1-37-17-16-32-19-22(20-6-3-2-4-7-20)10-9-21(27(32)35)18-25(34)31-14-11-23(12-15-31)33-24-8-5-13-29-26(24)30-28(33)36;3-2(4,5)1(6)7/h2-8,13,21-23H,9-12,14-19H2,1H3,(H,29,30,36);(H,6,7)/t21-,22-;/m1./s1. The monoisotopic (exact) mass is 619 g/mol. The van der Waals surface area contributed by atoms with Crippen molar-refractivity contribution >= 4 is 28.9 Å². The zero-order valence-corrected chi connectivity index (χ0v) is 24.3. The molecule has 44 heavy (non-hydrogen) atoms. The first kappa shape index (κ1) is 32.7. The summed E-state index contributed by atoms with van der Waals surface area (Å²) in [7, 11) is 1.64. The van der Waals surface area contributed by atoms with Crippen LogP contribution in [0.2, 0.25) is 0 Å². The molecule has 3 aromatic rings. The highest BCUT2D eigenvalue weighted by Crippen LogP contribution is 2.32. The van der Waals surface area contributed by atoms with Gasteiger partial charge >= 0.3 is 17.5 Å². The van der Waals surface area contributed by atoms with E-state index in [0.29, 0.717) is 57.7 Å². The molecule has 0 bridgehead atoms. The number of alkyl halides is 3. The minimum atomic E-state index is -5.19. The molecule has 238 valence electrons. The first-order chi connectivity index (χ1) is 21.0. The fourth-order valence-electron chi connectivity index (χ4n) is 5.90. The summed E-state index contributed by atoms with van der Waals surface area (Å²) in [6, 6.07) is 14.2. The molecule has 2 atom stereocenters. The molecule has 2 N–H and O–H groups in total. The largest absolute Gasteiger partial charge is 0.542 e. The van der Waals surface area contributed by atoms with Gasteiger partial charge in [-0.25, -0.2) is 9.78 Å². The maximum absolute atomic E-state index is 13.5. The minimum absolute atomic E-state index is 0.0289. The fraction of sp³-hybridized carbons (Fsp3) is 0.500. The Morgan fingerprint density at radius 2 is 1.73 bits per heavy atom. The second-order valence-electron chi connectivity index (χ2n) is 11.0. The number of carboxylic acid groups (broad SMARTS) is 1. The van der Waals surface area contributed by atoms with E-state index in [2.05, 4.69) is 22.1 Å². The number of aromatic nitrogens is 3. The Hall–Kier alpha value is -4.20. The molecule has 0 spiro atoms. The lowest BCUT2D eigenvalue weighted by molar-refractivity contribution is -0.347. The van der Waals surface area contributed by atoms with Crippen molar-refractivity contribution in [2.75, 3.05) is 39.9 Å². The average molecular weight is 620 g/mol. The quantitative estimate of drug-likeness (QED) is 0.427. The van der Waals surface area contributed by atoms with E-state index in [1.165, 1.54) is 5.56 Å². The lowest BCUT2D eigenvalue weighted by Gasteiger charge is -2.33. The van der Waals surface area contributed by atoms with Gasteiger partial charge in [0.2, 0.25) is 11.8 Å². The van der Waals surface area contributed by atoms with Crippen LogP contribution in [0, 0.1) is 5.92 Å². The maximum atomic E-state index is 13.5. The van der Waals surface area contributed by atoms with Gasteiger partial charge in [-0.1, -0.05) is 30.3 Å². The van der Waals surface area contributed by atoms with Crippen LogP contribution in [0.15, 0.2) is 53.5 Å². The van der Waals surface area contributed by atoms with Crippen LogP contribution in [0.5, 0.6) is 0 Å². The van der Waals surface area contributed by atoms with E-state index in [0.717, 1.165) is 11.9 Å². The number of H-pyrrole nitrogens is 2. The van der Waals surface area contributed by atoms with Crippen LogP contribution in [0.3, 0.4) is 0 Å². The lowest BCUT2D eigenvalue weighted by atomic mass is 9.90. The summed E-state index contributed by atoms with van der Waals surface area (Å²) in [6.45, 7) is 2.83. The van der Waals surface area contributed by atoms with Crippen LogP contribution in [0.25, 0.3) is 11.2 Å². The Morgan fingerprint density at radius 1 is 1.05 bits per heavy atom. The number of imidazole rings is 1. The molecule has 11 nitrogen and oxygen atoms in total. The van der Waals surface area contributed by atoms with E-state index in [1.807, 2.05) is 40.1 Å². The maximum Gasteiger partial charge on any atom is 0.430 e. The van der Waals surface area contributed by atoms with Crippen LogP contribution >= 0.6 is 0 Å². The molecule has 2 aromatic heterocycles. The number of methoxy groups -OCH3 is 1. The molecule has 5 rings (SSSR count). The first-order valence-corrected chi connectivity index (χ1v) is 14.5. The van der Waals surface area contributed by atoms with Gasteiger partial charge in [-0.2, -0.15) is 18.2 Å². The third-order valence-corrected chi connectivity index (χ3v) is 8.18. The molecule has 0 aliphatic carbocycles. The van der Waals surface area contributed by atoms with Crippen molar-refractivity contribution in [1.82, 2.24) is 19.4 Å². The SMILES string of the molecule is COCCN1C[C@H](c2ccccc2)CC[C@H](CC(=O)N2CCC(n3c(=O)[nH]c4[nH+]cccc43)CC2)C1=O.O=C([O-])C(F)(F)F. The zero-order valence-electron chi connectivity index (χ0n) is 24.3. The number of piperidine rings is 1. The second kappa shape index (κ2) is 14.5. The number of likely N-dealkylation sites (tertiary alicyclic amines) is 2. The van der Waals surface area contributed by atoms with E-state index in [4.69, 9.17) is 14.6 Å². The van der Waals surface area contributed by atoms with Crippen LogP contribution in [0.1, 0.15) is 49.6 Å². The molecule has 14 heteroatoms. The van der Waals surface area contributed by atoms with Crippen LogP contribution in [-0.2, 0) is 19.1 Å². The zero-order chi connectivity index (χ0) is 31.9. The number of nitrogens with zero attached hydrogens (tertiary/aromatic N) is 3. The minimum Gasteiger partial charge on any atom is -0.542 e. The lowest BCUT2D eigenvalue weighted by Crippen LogP contribution is -2.43. The summed E-state index contributed by atoms with van der Waals surface area (Å²) in [5, 5.41) is 8.78. The molecule has 2 saturated heterocycles. The van der Waals surface area contributed by atoms with Gasteiger partial charge < -0.3 is 24.4 Å². The Labute approximate surface area is 251 Å². The fourth-order valence-corrected chi connectivity index (χ4v) is 5.90. The summed E-state index contributed by atoms with van der Waals surface area (Å²) in [4.78, 5) is 57.9. The number of amides is 2. The van der Waals surface area contributed by atoms with Crippen molar-refractivity contribution in [3.63, 3.8) is 0 Å². The van der Waals surface area contributed by atoms with Gasteiger partial charge in [-0.05, 0) is 43.4 Å². The van der Waals surface area contributed by atoms with Gasteiger partial charge in [0.05, 0.1) is 12.8 Å². The summed E-state index contributed by atoms with van der Waals surface area (Å²) in [5.41, 5.74) is 2.67. The molecular formula is C30H36F3N5O6. The van der Waals surface area contributed by atoms with Crippen molar-refractivity contribution < 1.29 is 42.4 Å². The van der Waals surface area contributed by atoms with Gasteiger partial charge in [0, 0.05) is 57.6 Å². The van der Waals surface area contributed by atoms with Gasteiger partial charge in [0.25, 0.3) is 0 Å². The van der Waals surface area contributed by atoms with E-state index in [9.17, 15) is 27.6 Å². The molecule has 0 radical (unpaired) electrons. The molecule has 2 aliphatic heterocycles.